The molecule has 0 unspecified atom stereocenters. The molecule has 0 aromatic heterocycles. The Hall–Kier alpha value is -1.07. The van der Waals surface area contributed by atoms with Crippen molar-refractivity contribution >= 4 is 5.97 Å². The van der Waals surface area contributed by atoms with Crippen molar-refractivity contribution in [1.82, 2.24) is 0 Å². The summed E-state index contributed by atoms with van der Waals surface area (Å²) in [6.07, 6.45) is 0.320. The van der Waals surface area contributed by atoms with Gasteiger partial charge in [-0.3, -0.25) is 0 Å². The van der Waals surface area contributed by atoms with Gasteiger partial charge < -0.3 is 19.3 Å². The van der Waals surface area contributed by atoms with Crippen LogP contribution in [-0.2, 0) is 19.0 Å². The topological polar surface area (TPSA) is 65.0 Å². The third-order valence-corrected chi connectivity index (χ3v) is 3.37. The number of carbonyl (C=O) groups is 1. The largest absolute Gasteiger partial charge is 0.490 e. The lowest BCUT2D eigenvalue weighted by atomic mass is 9.80. The summed E-state index contributed by atoms with van der Waals surface area (Å²) >= 11 is 0. The van der Waals surface area contributed by atoms with Crippen LogP contribution in [0.4, 0.5) is 0 Å². The molecule has 0 aromatic carbocycles. The van der Waals surface area contributed by atoms with Gasteiger partial charge >= 0.3 is 5.97 Å². The standard InChI is InChI=1S/C11H16O5/c1-6-5-11(15-3)7(4-8(6)12)9(14-2)10(13)16-11/h6,8,12H,4-5H2,1-3H3/t6-,8+,11-/m1/s1. The normalized spacial score (nSPS) is 38.4. The summed E-state index contributed by atoms with van der Waals surface area (Å²) in [4.78, 5) is 11.6. The van der Waals surface area contributed by atoms with Crippen molar-refractivity contribution in [3.8, 4) is 0 Å². The Bertz CT molecular complexity index is 348. The summed E-state index contributed by atoms with van der Waals surface area (Å²) in [5.41, 5.74) is 0.619. The maximum atomic E-state index is 11.6. The fraction of sp³-hybridized carbons (Fsp3) is 0.727. The molecule has 0 radical (unpaired) electrons. The van der Waals surface area contributed by atoms with Crippen molar-refractivity contribution in [2.24, 2.45) is 5.92 Å². The third-order valence-electron chi connectivity index (χ3n) is 3.37. The van der Waals surface area contributed by atoms with Gasteiger partial charge in [-0.1, -0.05) is 6.92 Å². The molecule has 0 spiro atoms. The summed E-state index contributed by atoms with van der Waals surface area (Å²) in [6.45, 7) is 1.90. The third kappa shape index (κ3) is 1.43. The van der Waals surface area contributed by atoms with Gasteiger partial charge in [0.2, 0.25) is 11.5 Å². The van der Waals surface area contributed by atoms with Crippen LogP contribution in [0, 0.1) is 5.92 Å². The fourth-order valence-corrected chi connectivity index (χ4v) is 2.39. The van der Waals surface area contributed by atoms with Crippen LogP contribution in [0.3, 0.4) is 0 Å². The molecule has 16 heavy (non-hydrogen) atoms. The second kappa shape index (κ2) is 3.75. The number of carbonyl (C=O) groups excluding carboxylic acids is 1. The summed E-state index contributed by atoms with van der Waals surface area (Å²) in [5, 5.41) is 9.82. The molecular weight excluding hydrogens is 212 g/mol. The zero-order valence-electron chi connectivity index (χ0n) is 9.65. The van der Waals surface area contributed by atoms with E-state index in [1.165, 1.54) is 14.2 Å². The lowest BCUT2D eigenvalue weighted by molar-refractivity contribution is -0.209. The van der Waals surface area contributed by atoms with Crippen LogP contribution >= 0.6 is 0 Å². The van der Waals surface area contributed by atoms with Crippen LogP contribution in [-0.4, -0.2) is 37.2 Å². The molecule has 1 heterocycles. The van der Waals surface area contributed by atoms with E-state index >= 15 is 0 Å². The van der Waals surface area contributed by atoms with Crippen LogP contribution in [0.1, 0.15) is 19.8 Å². The van der Waals surface area contributed by atoms with E-state index < -0.39 is 17.9 Å². The number of hydrogen-bond donors (Lipinski definition) is 1. The van der Waals surface area contributed by atoms with Crippen molar-refractivity contribution in [2.75, 3.05) is 14.2 Å². The number of ether oxygens (including phenoxy) is 3. The number of hydrogen-bond acceptors (Lipinski definition) is 5. The highest BCUT2D eigenvalue weighted by atomic mass is 16.7. The predicted molar refractivity (Wildman–Crippen MR) is 54.3 cm³/mol. The first-order valence-corrected chi connectivity index (χ1v) is 5.28. The lowest BCUT2D eigenvalue weighted by Gasteiger charge is -2.38. The summed E-state index contributed by atoms with van der Waals surface area (Å²) < 4.78 is 15.6. The molecule has 3 atom stereocenters. The summed E-state index contributed by atoms with van der Waals surface area (Å²) in [5.74, 6) is -1.35. The van der Waals surface area contributed by atoms with Gasteiger partial charge in [-0.15, -0.1) is 0 Å². The SMILES string of the molecule is COC1=C2C[C@H](O)[C@H](C)C[C@@]2(OC)OC1=O. The smallest absolute Gasteiger partial charge is 0.376 e. The van der Waals surface area contributed by atoms with E-state index in [0.29, 0.717) is 18.4 Å². The van der Waals surface area contributed by atoms with Gasteiger partial charge in [-0.2, -0.15) is 0 Å². The maximum Gasteiger partial charge on any atom is 0.376 e. The number of rotatable bonds is 2. The van der Waals surface area contributed by atoms with Gasteiger partial charge in [0.25, 0.3) is 0 Å². The summed E-state index contributed by atoms with van der Waals surface area (Å²) in [6, 6.07) is 0. The monoisotopic (exact) mass is 228 g/mol. The van der Waals surface area contributed by atoms with Crippen LogP contribution in [0.5, 0.6) is 0 Å². The molecule has 90 valence electrons. The van der Waals surface area contributed by atoms with E-state index in [2.05, 4.69) is 0 Å². The van der Waals surface area contributed by atoms with Gasteiger partial charge in [0.1, 0.15) is 0 Å². The van der Waals surface area contributed by atoms with Crippen molar-refractivity contribution in [1.29, 1.82) is 0 Å². The molecule has 0 amide bonds. The summed E-state index contributed by atoms with van der Waals surface area (Å²) in [7, 11) is 2.91. The average Bonchev–Trinajstić information content (AvgIpc) is 2.51. The number of fused-ring (bicyclic) bond motifs is 1. The van der Waals surface area contributed by atoms with E-state index in [1.54, 1.807) is 0 Å². The molecule has 1 N–H and O–H groups in total. The van der Waals surface area contributed by atoms with Gasteiger partial charge in [0, 0.05) is 20.0 Å². The highest BCUT2D eigenvalue weighted by Crippen LogP contribution is 2.46. The van der Waals surface area contributed by atoms with Crippen LogP contribution in [0.15, 0.2) is 11.3 Å². The van der Waals surface area contributed by atoms with Gasteiger partial charge in [0.15, 0.2) is 0 Å². The molecule has 0 bridgehead atoms. The number of aliphatic hydroxyl groups excluding tert-OH is 1. The number of aliphatic hydroxyl groups is 1. The van der Waals surface area contributed by atoms with E-state index in [4.69, 9.17) is 14.2 Å². The highest BCUT2D eigenvalue weighted by molar-refractivity contribution is 5.90. The van der Waals surface area contributed by atoms with E-state index in [9.17, 15) is 9.90 Å². The molecule has 2 aliphatic rings. The molecule has 0 aromatic rings. The van der Waals surface area contributed by atoms with Crippen molar-refractivity contribution in [3.63, 3.8) is 0 Å². The van der Waals surface area contributed by atoms with E-state index in [0.717, 1.165) is 0 Å². The average molecular weight is 228 g/mol. The van der Waals surface area contributed by atoms with Gasteiger partial charge in [-0.25, -0.2) is 4.79 Å². The lowest BCUT2D eigenvalue weighted by Crippen LogP contribution is -2.44. The first kappa shape index (κ1) is 11.4. The minimum atomic E-state index is -1.03. The molecule has 1 aliphatic carbocycles. The Morgan fingerprint density at radius 1 is 1.50 bits per heavy atom. The van der Waals surface area contributed by atoms with Gasteiger partial charge in [0.05, 0.1) is 18.8 Å². The quantitative estimate of drug-likeness (QED) is 0.700. The predicted octanol–water partition coefficient (Wildman–Crippen LogP) is 0.577. The second-order valence-corrected chi connectivity index (χ2v) is 4.31. The Kier molecular flexibility index (Phi) is 2.67. The number of methoxy groups -OCH3 is 2. The van der Waals surface area contributed by atoms with Crippen LogP contribution in [0.25, 0.3) is 0 Å². The van der Waals surface area contributed by atoms with E-state index in [-0.39, 0.29) is 11.7 Å². The van der Waals surface area contributed by atoms with Gasteiger partial charge in [-0.05, 0) is 5.92 Å². The Morgan fingerprint density at radius 3 is 2.75 bits per heavy atom. The van der Waals surface area contributed by atoms with Crippen molar-refractivity contribution in [2.45, 2.75) is 31.7 Å². The molecule has 5 nitrogen and oxygen atoms in total. The first-order valence-electron chi connectivity index (χ1n) is 5.28. The zero-order valence-corrected chi connectivity index (χ0v) is 9.65. The first-order chi connectivity index (χ1) is 7.54. The molecule has 2 rings (SSSR count). The Morgan fingerprint density at radius 2 is 2.19 bits per heavy atom. The molecule has 0 saturated heterocycles. The minimum absolute atomic E-state index is 0.0210. The molecule has 1 fully saturated rings. The Balaban J connectivity index is 2.42. The van der Waals surface area contributed by atoms with Crippen LogP contribution < -0.4 is 0 Å². The maximum absolute atomic E-state index is 11.6. The van der Waals surface area contributed by atoms with Crippen molar-refractivity contribution < 1.29 is 24.1 Å². The van der Waals surface area contributed by atoms with Crippen molar-refractivity contribution in [3.05, 3.63) is 11.3 Å². The van der Waals surface area contributed by atoms with E-state index in [1.807, 2.05) is 6.92 Å². The zero-order chi connectivity index (χ0) is 11.9. The molecular formula is C11H16O5. The second-order valence-electron chi connectivity index (χ2n) is 4.31. The number of esters is 1. The molecule has 1 aliphatic heterocycles. The fourth-order valence-electron chi connectivity index (χ4n) is 2.39. The molecule has 1 saturated carbocycles. The Labute approximate surface area is 94.0 Å². The highest BCUT2D eigenvalue weighted by Gasteiger charge is 2.54. The molecule has 5 heteroatoms. The minimum Gasteiger partial charge on any atom is -0.490 e. The van der Waals surface area contributed by atoms with Crippen LogP contribution in [0.2, 0.25) is 0 Å².